The van der Waals surface area contributed by atoms with E-state index in [2.05, 4.69) is 17.9 Å². The number of halogens is 3. The maximum atomic E-state index is 13.5. The second kappa shape index (κ2) is 11.0. The fraction of sp³-hybridized carbons (Fsp3) is 0.480. The van der Waals surface area contributed by atoms with Crippen LogP contribution in [-0.4, -0.2) is 67.5 Å². The van der Waals surface area contributed by atoms with Gasteiger partial charge in [0.15, 0.2) is 6.61 Å². The Balaban J connectivity index is 1.75. The van der Waals surface area contributed by atoms with Crippen LogP contribution in [0.25, 0.3) is 0 Å². The van der Waals surface area contributed by atoms with Crippen LogP contribution in [0.15, 0.2) is 42.5 Å². The summed E-state index contributed by atoms with van der Waals surface area (Å²) < 4.78 is 46.3. The smallest absolute Gasteiger partial charge is 0.416 e. The van der Waals surface area contributed by atoms with Crippen molar-refractivity contribution in [1.29, 1.82) is 0 Å². The van der Waals surface area contributed by atoms with E-state index in [-0.39, 0.29) is 24.6 Å². The van der Waals surface area contributed by atoms with Gasteiger partial charge in [0.2, 0.25) is 0 Å². The maximum Gasteiger partial charge on any atom is 0.416 e. The Kier molecular flexibility index (Phi) is 8.37. The van der Waals surface area contributed by atoms with Crippen molar-refractivity contribution >= 4 is 5.91 Å². The molecule has 180 valence electrons. The first-order valence-corrected chi connectivity index (χ1v) is 11.2. The molecule has 0 aliphatic carbocycles. The van der Waals surface area contributed by atoms with Gasteiger partial charge in [-0.2, -0.15) is 13.2 Å². The number of amides is 1. The van der Waals surface area contributed by atoms with E-state index in [4.69, 9.17) is 4.74 Å². The highest BCUT2D eigenvalue weighted by molar-refractivity contribution is 5.78. The van der Waals surface area contributed by atoms with E-state index in [0.29, 0.717) is 18.8 Å². The Labute approximate surface area is 193 Å². The molecule has 1 aliphatic rings. The molecule has 1 aliphatic heterocycles. The molecule has 0 aromatic heterocycles. The predicted octanol–water partition coefficient (Wildman–Crippen LogP) is 4.05. The van der Waals surface area contributed by atoms with Crippen LogP contribution in [-0.2, 0) is 30.5 Å². The Bertz CT molecular complexity index is 947. The molecule has 1 amide bonds. The number of likely N-dealkylation sites (N-methyl/N-ethyl adjacent to an activating group) is 2. The Morgan fingerprint density at radius 2 is 1.85 bits per heavy atom. The number of nitrogens with zero attached hydrogens (tertiary/aromatic N) is 3. The highest BCUT2D eigenvalue weighted by Gasteiger charge is 2.33. The largest absolute Gasteiger partial charge is 0.483 e. The van der Waals surface area contributed by atoms with Crippen LogP contribution in [0, 0.1) is 0 Å². The minimum atomic E-state index is -4.47. The van der Waals surface area contributed by atoms with Crippen molar-refractivity contribution in [2.75, 3.05) is 46.9 Å². The summed E-state index contributed by atoms with van der Waals surface area (Å²) >= 11 is 0. The average Bonchev–Trinajstić information content (AvgIpc) is 2.79. The van der Waals surface area contributed by atoms with Crippen LogP contribution in [0.1, 0.15) is 29.2 Å². The number of fused-ring (bicyclic) bond motifs is 1. The van der Waals surface area contributed by atoms with Gasteiger partial charge in [0.05, 0.1) is 5.56 Å². The van der Waals surface area contributed by atoms with Crippen LogP contribution in [0.5, 0.6) is 5.75 Å². The Morgan fingerprint density at radius 3 is 2.55 bits per heavy atom. The fourth-order valence-corrected chi connectivity index (χ4v) is 3.99. The molecule has 0 spiro atoms. The van der Waals surface area contributed by atoms with Crippen LogP contribution in [0.2, 0.25) is 0 Å². The molecule has 0 atom stereocenters. The molecule has 0 saturated heterocycles. The van der Waals surface area contributed by atoms with E-state index >= 15 is 0 Å². The third-order valence-electron chi connectivity index (χ3n) is 5.96. The molecule has 1 heterocycles. The third kappa shape index (κ3) is 6.71. The van der Waals surface area contributed by atoms with E-state index in [1.165, 1.54) is 22.6 Å². The second-order valence-electron chi connectivity index (χ2n) is 8.57. The molecule has 0 radical (unpaired) electrons. The van der Waals surface area contributed by atoms with Gasteiger partial charge in [0.25, 0.3) is 5.91 Å². The third-order valence-corrected chi connectivity index (χ3v) is 5.96. The van der Waals surface area contributed by atoms with Crippen molar-refractivity contribution in [3.05, 3.63) is 64.7 Å². The number of carbonyl (C=O) groups excluding carboxylic acids is 1. The fourth-order valence-electron chi connectivity index (χ4n) is 3.99. The summed E-state index contributed by atoms with van der Waals surface area (Å²) in [6.07, 6.45) is -3.55. The van der Waals surface area contributed by atoms with Crippen LogP contribution in [0.3, 0.4) is 0 Å². The van der Waals surface area contributed by atoms with Gasteiger partial charge in [-0.3, -0.25) is 9.69 Å². The average molecular weight is 464 g/mol. The first kappa shape index (κ1) is 25.1. The molecule has 8 heteroatoms. The Morgan fingerprint density at radius 1 is 1.09 bits per heavy atom. The minimum Gasteiger partial charge on any atom is -0.483 e. The van der Waals surface area contributed by atoms with Crippen molar-refractivity contribution in [2.24, 2.45) is 0 Å². The van der Waals surface area contributed by atoms with E-state index in [0.717, 1.165) is 37.7 Å². The van der Waals surface area contributed by atoms with E-state index < -0.39 is 11.7 Å². The topological polar surface area (TPSA) is 36.0 Å². The van der Waals surface area contributed by atoms with Crippen molar-refractivity contribution in [2.45, 2.75) is 32.6 Å². The highest BCUT2D eigenvalue weighted by atomic mass is 19.4. The molecule has 2 aromatic carbocycles. The summed E-state index contributed by atoms with van der Waals surface area (Å²) in [5, 5.41) is 0. The number of ether oxygens (including phenoxy) is 1. The summed E-state index contributed by atoms with van der Waals surface area (Å²) in [5.74, 6) is 0.330. The highest BCUT2D eigenvalue weighted by Crippen LogP contribution is 2.32. The van der Waals surface area contributed by atoms with Gasteiger partial charge in [0, 0.05) is 38.3 Å². The molecular weight excluding hydrogens is 431 g/mol. The number of alkyl halides is 3. The van der Waals surface area contributed by atoms with Gasteiger partial charge in [-0.1, -0.05) is 37.3 Å². The molecular formula is C25H32F3N3O2. The Hall–Kier alpha value is -2.58. The molecule has 0 bridgehead atoms. The van der Waals surface area contributed by atoms with Crippen LogP contribution >= 0.6 is 0 Å². The molecule has 0 fully saturated rings. The maximum absolute atomic E-state index is 13.5. The van der Waals surface area contributed by atoms with Crippen LogP contribution < -0.4 is 4.74 Å². The SMILES string of the molecule is CCN1CCc2cccc(OCC(=O)N(CCN(C)C)Cc3ccccc3C(F)(F)F)c2C1. The van der Waals surface area contributed by atoms with Crippen molar-refractivity contribution in [3.8, 4) is 5.75 Å². The number of rotatable bonds is 9. The first-order chi connectivity index (χ1) is 15.7. The molecule has 0 saturated carbocycles. The summed E-state index contributed by atoms with van der Waals surface area (Å²) in [4.78, 5) is 18.7. The van der Waals surface area contributed by atoms with Gasteiger partial charge in [0.1, 0.15) is 5.75 Å². The van der Waals surface area contributed by atoms with Crippen molar-refractivity contribution in [3.63, 3.8) is 0 Å². The number of hydrogen-bond donors (Lipinski definition) is 0. The zero-order chi connectivity index (χ0) is 24.0. The predicted molar refractivity (Wildman–Crippen MR) is 122 cm³/mol. The summed E-state index contributed by atoms with van der Waals surface area (Å²) in [6.45, 7) is 5.29. The standard InChI is InChI=1S/C25H32F3N3O2/c1-4-30-13-12-19-9-7-11-23(21(19)17-30)33-18-24(32)31(15-14-29(2)3)16-20-8-5-6-10-22(20)25(26,27)28/h5-11H,4,12-18H2,1-3H3. The minimum absolute atomic E-state index is 0.0767. The number of carbonyl (C=O) groups is 1. The number of benzene rings is 2. The van der Waals surface area contributed by atoms with Crippen molar-refractivity contribution < 1.29 is 22.7 Å². The van der Waals surface area contributed by atoms with Gasteiger partial charge in [-0.05, 0) is 50.3 Å². The van der Waals surface area contributed by atoms with E-state index in [1.54, 1.807) is 6.07 Å². The lowest BCUT2D eigenvalue weighted by atomic mass is 9.99. The molecule has 0 unspecified atom stereocenters. The summed E-state index contributed by atoms with van der Waals surface area (Å²) in [6, 6.07) is 11.3. The van der Waals surface area contributed by atoms with Gasteiger partial charge in [-0.15, -0.1) is 0 Å². The molecule has 0 N–H and O–H groups in total. The second-order valence-corrected chi connectivity index (χ2v) is 8.57. The molecule has 33 heavy (non-hydrogen) atoms. The zero-order valence-corrected chi connectivity index (χ0v) is 19.5. The number of hydrogen-bond acceptors (Lipinski definition) is 4. The molecule has 5 nitrogen and oxygen atoms in total. The van der Waals surface area contributed by atoms with E-state index in [9.17, 15) is 18.0 Å². The van der Waals surface area contributed by atoms with Gasteiger partial charge < -0.3 is 14.5 Å². The lowest BCUT2D eigenvalue weighted by molar-refractivity contribution is -0.140. The lowest BCUT2D eigenvalue weighted by Crippen LogP contribution is -2.39. The van der Waals surface area contributed by atoms with Crippen molar-refractivity contribution in [1.82, 2.24) is 14.7 Å². The molecule has 2 aromatic rings. The van der Waals surface area contributed by atoms with Gasteiger partial charge in [-0.25, -0.2) is 0 Å². The summed E-state index contributed by atoms with van der Waals surface area (Å²) in [7, 11) is 3.72. The molecule has 3 rings (SSSR count). The zero-order valence-electron chi connectivity index (χ0n) is 19.5. The monoisotopic (exact) mass is 463 g/mol. The first-order valence-electron chi connectivity index (χ1n) is 11.2. The lowest BCUT2D eigenvalue weighted by Gasteiger charge is -2.29. The quantitative estimate of drug-likeness (QED) is 0.562. The van der Waals surface area contributed by atoms with E-state index in [1.807, 2.05) is 31.1 Å². The van der Waals surface area contributed by atoms with Crippen LogP contribution in [0.4, 0.5) is 13.2 Å². The van der Waals surface area contributed by atoms with Gasteiger partial charge >= 0.3 is 6.18 Å². The summed E-state index contributed by atoms with van der Waals surface area (Å²) in [5.41, 5.74) is 1.66. The normalized spacial score (nSPS) is 14.3.